The number of ketones is 1. The second-order valence-corrected chi connectivity index (χ2v) is 5.14. The van der Waals surface area contributed by atoms with Gasteiger partial charge in [-0.05, 0) is 13.0 Å². The van der Waals surface area contributed by atoms with Gasteiger partial charge in [-0.2, -0.15) is 0 Å². The van der Waals surface area contributed by atoms with Crippen LogP contribution in [0.25, 0.3) is 0 Å². The van der Waals surface area contributed by atoms with E-state index in [1.807, 2.05) is 0 Å². The predicted octanol–water partition coefficient (Wildman–Crippen LogP) is 2.06. The molecule has 0 spiro atoms. The Kier molecular flexibility index (Phi) is 5.20. The van der Waals surface area contributed by atoms with Crippen LogP contribution in [-0.4, -0.2) is 23.2 Å². The molecule has 0 aliphatic heterocycles. The molecule has 0 radical (unpaired) electrons. The summed E-state index contributed by atoms with van der Waals surface area (Å²) in [5.74, 6) is -1.75. The van der Waals surface area contributed by atoms with E-state index in [9.17, 15) is 19.7 Å². The van der Waals surface area contributed by atoms with Crippen molar-refractivity contribution in [3.05, 3.63) is 32.3 Å². The average molecular weight is 345 g/mol. The fraction of sp³-hybridized carbons (Fsp3) is 0.333. The van der Waals surface area contributed by atoms with Crippen LogP contribution in [-0.2, 0) is 4.79 Å². The van der Waals surface area contributed by atoms with Crippen LogP contribution in [0.1, 0.15) is 24.2 Å². The van der Waals surface area contributed by atoms with Gasteiger partial charge in [0.15, 0.2) is 5.78 Å². The lowest BCUT2D eigenvalue weighted by atomic mass is 10.1. The highest BCUT2D eigenvalue weighted by Crippen LogP contribution is 2.35. The first-order valence-electron chi connectivity index (χ1n) is 5.65. The smallest absolute Gasteiger partial charge is 0.312 e. The average Bonchev–Trinajstić information content (AvgIpc) is 2.35. The molecule has 0 heterocycles. The summed E-state index contributed by atoms with van der Waals surface area (Å²) in [6.45, 7) is 2.66. The molecule has 0 aliphatic carbocycles. The lowest BCUT2D eigenvalue weighted by molar-refractivity contribution is -0.386. The highest BCUT2D eigenvalue weighted by atomic mass is 79.9. The summed E-state index contributed by atoms with van der Waals surface area (Å²) in [5, 5.41) is 11.0. The van der Waals surface area contributed by atoms with E-state index in [1.165, 1.54) is 26.0 Å². The Balaban J connectivity index is 3.23. The highest BCUT2D eigenvalue weighted by molar-refractivity contribution is 9.10. The van der Waals surface area contributed by atoms with E-state index in [0.717, 1.165) is 0 Å². The van der Waals surface area contributed by atoms with Crippen LogP contribution < -0.4 is 10.5 Å². The van der Waals surface area contributed by atoms with Crippen LogP contribution in [0.15, 0.2) is 16.6 Å². The van der Waals surface area contributed by atoms with Crippen molar-refractivity contribution < 1.29 is 19.2 Å². The van der Waals surface area contributed by atoms with Gasteiger partial charge in [-0.1, -0.05) is 22.9 Å². The monoisotopic (exact) mass is 344 g/mol. The number of nitrogens with two attached hydrogens (primary N) is 1. The molecule has 108 valence electrons. The lowest BCUT2D eigenvalue weighted by Gasteiger charge is -2.13. The number of hydrogen-bond acceptors (Lipinski definition) is 5. The van der Waals surface area contributed by atoms with Crippen molar-refractivity contribution in [2.75, 3.05) is 6.61 Å². The number of halogens is 1. The van der Waals surface area contributed by atoms with E-state index in [-0.39, 0.29) is 29.4 Å². The summed E-state index contributed by atoms with van der Waals surface area (Å²) >= 11 is 3.10. The molecule has 1 rings (SSSR count). The van der Waals surface area contributed by atoms with Crippen molar-refractivity contribution in [2.24, 2.45) is 11.7 Å². The molecule has 0 aromatic heterocycles. The number of nitro benzene ring substituents is 1. The minimum Gasteiger partial charge on any atom is -0.485 e. The molecular formula is C12H13BrN2O5. The standard InChI is InChI=1S/C12H13BrN2O5/c1-6(12(14)17)5-20-11-9(7(2)16)3-8(13)4-10(11)15(18)19/h3-4,6H,5H2,1-2H3,(H2,14,17). The van der Waals surface area contributed by atoms with Gasteiger partial charge in [-0.15, -0.1) is 0 Å². The number of carbonyl (C=O) groups excluding carboxylic acids is 2. The van der Waals surface area contributed by atoms with E-state index in [0.29, 0.717) is 4.47 Å². The number of carbonyl (C=O) groups is 2. The van der Waals surface area contributed by atoms with Crippen molar-refractivity contribution in [3.63, 3.8) is 0 Å². The van der Waals surface area contributed by atoms with Gasteiger partial charge in [0.05, 0.1) is 23.0 Å². The van der Waals surface area contributed by atoms with Crippen molar-refractivity contribution in [2.45, 2.75) is 13.8 Å². The number of hydrogen-bond donors (Lipinski definition) is 1. The SMILES string of the molecule is CC(=O)c1cc(Br)cc([N+](=O)[O-])c1OCC(C)C(N)=O. The van der Waals surface area contributed by atoms with Crippen LogP contribution in [0, 0.1) is 16.0 Å². The third-order valence-corrected chi connectivity index (χ3v) is 3.03. The van der Waals surface area contributed by atoms with Gasteiger partial charge in [0.25, 0.3) is 0 Å². The molecule has 0 bridgehead atoms. The summed E-state index contributed by atoms with van der Waals surface area (Å²) in [7, 11) is 0. The number of rotatable bonds is 6. The molecule has 0 saturated heterocycles. The molecule has 1 aromatic rings. The predicted molar refractivity (Wildman–Crippen MR) is 74.7 cm³/mol. The Labute approximate surface area is 123 Å². The molecule has 1 amide bonds. The molecule has 8 heteroatoms. The lowest BCUT2D eigenvalue weighted by Crippen LogP contribution is -2.26. The largest absolute Gasteiger partial charge is 0.485 e. The van der Waals surface area contributed by atoms with Gasteiger partial charge in [0.2, 0.25) is 11.7 Å². The van der Waals surface area contributed by atoms with E-state index >= 15 is 0 Å². The number of ether oxygens (including phenoxy) is 1. The first-order chi connectivity index (χ1) is 9.23. The van der Waals surface area contributed by atoms with Crippen LogP contribution in [0.2, 0.25) is 0 Å². The molecule has 1 unspecified atom stereocenters. The summed E-state index contributed by atoms with van der Waals surface area (Å²) < 4.78 is 5.68. The maximum atomic E-state index is 11.6. The quantitative estimate of drug-likeness (QED) is 0.482. The van der Waals surface area contributed by atoms with Crippen molar-refractivity contribution >= 4 is 33.3 Å². The maximum absolute atomic E-state index is 11.6. The van der Waals surface area contributed by atoms with Crippen molar-refractivity contribution in [1.82, 2.24) is 0 Å². The van der Waals surface area contributed by atoms with E-state index in [4.69, 9.17) is 10.5 Å². The summed E-state index contributed by atoms with van der Waals surface area (Å²) in [4.78, 5) is 32.9. The molecule has 0 fully saturated rings. The summed E-state index contributed by atoms with van der Waals surface area (Å²) in [6.07, 6.45) is 0. The Morgan fingerprint density at radius 1 is 1.50 bits per heavy atom. The second-order valence-electron chi connectivity index (χ2n) is 4.23. The molecule has 0 aliphatic rings. The molecule has 20 heavy (non-hydrogen) atoms. The fourth-order valence-electron chi connectivity index (χ4n) is 1.42. The molecule has 1 aromatic carbocycles. The third kappa shape index (κ3) is 3.77. The Bertz CT molecular complexity index is 538. The van der Waals surface area contributed by atoms with Crippen LogP contribution in [0.5, 0.6) is 5.75 Å². The molecular weight excluding hydrogens is 332 g/mol. The van der Waals surface area contributed by atoms with Crippen LogP contribution in [0.4, 0.5) is 5.69 Å². The zero-order valence-electron chi connectivity index (χ0n) is 10.9. The fourth-order valence-corrected chi connectivity index (χ4v) is 1.86. The van der Waals surface area contributed by atoms with Crippen LogP contribution in [0.3, 0.4) is 0 Å². The number of primary amides is 1. The first kappa shape index (κ1) is 16.1. The zero-order valence-corrected chi connectivity index (χ0v) is 12.5. The van der Waals surface area contributed by atoms with E-state index in [2.05, 4.69) is 15.9 Å². The zero-order chi connectivity index (χ0) is 15.4. The minimum absolute atomic E-state index is 0.0720. The Hall–Kier alpha value is -1.96. The topological polar surface area (TPSA) is 113 Å². The van der Waals surface area contributed by atoms with Crippen molar-refractivity contribution in [1.29, 1.82) is 0 Å². The summed E-state index contributed by atoms with van der Waals surface area (Å²) in [5.41, 5.74) is 4.82. The van der Waals surface area contributed by atoms with Crippen molar-refractivity contribution in [3.8, 4) is 5.75 Å². The molecule has 7 nitrogen and oxygen atoms in total. The van der Waals surface area contributed by atoms with Gasteiger partial charge in [-0.25, -0.2) is 0 Å². The second kappa shape index (κ2) is 6.47. The molecule has 1 atom stereocenters. The molecule has 2 N–H and O–H groups in total. The third-order valence-electron chi connectivity index (χ3n) is 2.57. The molecule has 0 saturated carbocycles. The normalized spacial score (nSPS) is 11.8. The van der Waals surface area contributed by atoms with Gasteiger partial charge in [-0.3, -0.25) is 19.7 Å². The van der Waals surface area contributed by atoms with E-state index in [1.54, 1.807) is 0 Å². The van der Waals surface area contributed by atoms with Gasteiger partial charge in [0, 0.05) is 10.5 Å². The van der Waals surface area contributed by atoms with Gasteiger partial charge >= 0.3 is 5.69 Å². The minimum atomic E-state index is -0.651. The van der Waals surface area contributed by atoms with Crippen LogP contribution >= 0.6 is 15.9 Å². The van der Waals surface area contributed by atoms with Gasteiger partial charge in [0.1, 0.15) is 0 Å². The Morgan fingerprint density at radius 2 is 2.10 bits per heavy atom. The highest BCUT2D eigenvalue weighted by Gasteiger charge is 2.24. The first-order valence-corrected chi connectivity index (χ1v) is 6.44. The number of Topliss-reactive ketones (excluding diaryl/α,β-unsaturated/α-hetero) is 1. The Morgan fingerprint density at radius 3 is 2.55 bits per heavy atom. The number of benzene rings is 1. The summed E-state index contributed by atoms with van der Waals surface area (Å²) in [6, 6.07) is 2.66. The van der Waals surface area contributed by atoms with E-state index < -0.39 is 16.7 Å². The maximum Gasteiger partial charge on any atom is 0.312 e. The number of nitrogens with zero attached hydrogens (tertiary/aromatic N) is 1. The van der Waals surface area contributed by atoms with Gasteiger partial charge < -0.3 is 10.5 Å². The number of amides is 1. The number of nitro groups is 1.